The number of carbonyl (C=O) groups is 2. The largest absolute Gasteiger partial charge is 0.491 e. The molecule has 0 aliphatic rings. The zero-order valence-corrected chi connectivity index (χ0v) is 17.4. The van der Waals surface area contributed by atoms with Crippen LogP contribution in [0, 0.1) is 5.92 Å². The lowest BCUT2D eigenvalue weighted by Crippen LogP contribution is -2.22. The van der Waals surface area contributed by atoms with Gasteiger partial charge in [-0.05, 0) is 48.6 Å². The third kappa shape index (κ3) is 8.49. The van der Waals surface area contributed by atoms with Crippen LogP contribution in [0.1, 0.15) is 31.4 Å². The van der Waals surface area contributed by atoms with Crippen LogP contribution in [0.5, 0.6) is 5.75 Å². The summed E-state index contributed by atoms with van der Waals surface area (Å²) in [5, 5.41) is 20.1. The molecule has 8 nitrogen and oxygen atoms in total. The predicted octanol–water partition coefficient (Wildman–Crippen LogP) is 3.83. The summed E-state index contributed by atoms with van der Waals surface area (Å²) in [6, 6.07) is 16.2. The van der Waals surface area contributed by atoms with E-state index in [0.29, 0.717) is 24.3 Å². The topological polar surface area (TPSA) is 117 Å². The standard InChI is InChI=1S/C23H28N2O6/c1-17(7-5-6-10-21(27)25-29)22(18-11-13-20(14-12-18)30-16-15-26)31-23(28)24-19-8-3-2-4-9-19/h2-4,6,8-14,17,22,26,29H,5,7,15-16H2,1H3,(H,24,28)(H,25,27)/b10-6+/t17-,22+/m1/s1. The normalized spacial score (nSPS) is 12.7. The smallest absolute Gasteiger partial charge is 0.412 e. The van der Waals surface area contributed by atoms with Crippen molar-refractivity contribution in [1.29, 1.82) is 0 Å². The molecule has 0 saturated heterocycles. The second-order valence-electron chi connectivity index (χ2n) is 6.89. The number of benzene rings is 2. The van der Waals surface area contributed by atoms with Gasteiger partial charge in [0.1, 0.15) is 18.5 Å². The van der Waals surface area contributed by atoms with Crippen molar-refractivity contribution in [1.82, 2.24) is 5.48 Å². The van der Waals surface area contributed by atoms with E-state index < -0.39 is 18.1 Å². The fourth-order valence-electron chi connectivity index (χ4n) is 2.95. The lowest BCUT2D eigenvalue weighted by Gasteiger charge is -2.25. The van der Waals surface area contributed by atoms with Crippen LogP contribution in [-0.2, 0) is 9.53 Å². The predicted molar refractivity (Wildman–Crippen MR) is 116 cm³/mol. The number of rotatable bonds is 11. The summed E-state index contributed by atoms with van der Waals surface area (Å²) in [4.78, 5) is 23.6. The summed E-state index contributed by atoms with van der Waals surface area (Å²) in [6.07, 6.45) is 3.00. The van der Waals surface area contributed by atoms with Gasteiger partial charge in [-0.15, -0.1) is 0 Å². The molecule has 0 aliphatic carbocycles. The molecule has 8 heteroatoms. The Balaban J connectivity index is 2.09. The number of amides is 2. The summed E-state index contributed by atoms with van der Waals surface area (Å²) >= 11 is 0. The molecule has 4 N–H and O–H groups in total. The monoisotopic (exact) mass is 428 g/mol. The van der Waals surface area contributed by atoms with E-state index in [-0.39, 0.29) is 19.1 Å². The highest BCUT2D eigenvalue weighted by Gasteiger charge is 2.23. The Labute approximate surface area is 181 Å². The number of hydrogen-bond acceptors (Lipinski definition) is 6. The Morgan fingerprint density at radius 2 is 1.81 bits per heavy atom. The first-order valence-corrected chi connectivity index (χ1v) is 10.0. The van der Waals surface area contributed by atoms with Gasteiger partial charge >= 0.3 is 6.09 Å². The number of ether oxygens (including phenoxy) is 2. The van der Waals surface area contributed by atoms with E-state index in [0.717, 1.165) is 5.56 Å². The minimum Gasteiger partial charge on any atom is -0.491 e. The van der Waals surface area contributed by atoms with Crippen molar-refractivity contribution in [3.63, 3.8) is 0 Å². The van der Waals surface area contributed by atoms with E-state index in [2.05, 4.69) is 5.32 Å². The van der Waals surface area contributed by atoms with Gasteiger partial charge in [0.05, 0.1) is 6.61 Å². The molecule has 2 aromatic rings. The Bertz CT molecular complexity index is 839. The molecule has 2 amide bonds. The highest BCUT2D eigenvalue weighted by molar-refractivity contribution is 5.86. The number of anilines is 1. The molecule has 0 aromatic heterocycles. The molecule has 0 spiro atoms. The zero-order valence-electron chi connectivity index (χ0n) is 17.4. The van der Waals surface area contributed by atoms with Crippen molar-refractivity contribution in [3.8, 4) is 5.75 Å². The van der Waals surface area contributed by atoms with Crippen LogP contribution in [0.25, 0.3) is 0 Å². The third-order valence-corrected chi connectivity index (χ3v) is 4.51. The summed E-state index contributed by atoms with van der Waals surface area (Å²) in [5.41, 5.74) is 2.96. The highest BCUT2D eigenvalue weighted by atomic mass is 16.6. The van der Waals surface area contributed by atoms with E-state index in [1.807, 2.05) is 37.3 Å². The molecule has 0 saturated carbocycles. The van der Waals surface area contributed by atoms with Crippen molar-refractivity contribution in [3.05, 3.63) is 72.3 Å². The van der Waals surface area contributed by atoms with Crippen LogP contribution in [0.4, 0.5) is 10.5 Å². The number of aliphatic hydroxyl groups excluding tert-OH is 1. The summed E-state index contributed by atoms with van der Waals surface area (Å²) in [7, 11) is 0. The number of nitrogens with one attached hydrogen (secondary N) is 2. The van der Waals surface area contributed by atoms with Gasteiger partial charge in [-0.2, -0.15) is 0 Å². The summed E-state index contributed by atoms with van der Waals surface area (Å²) in [5.74, 6) is -0.0513. The highest BCUT2D eigenvalue weighted by Crippen LogP contribution is 2.31. The Kier molecular flexibility index (Phi) is 10.1. The molecule has 0 heterocycles. The second-order valence-corrected chi connectivity index (χ2v) is 6.89. The Morgan fingerprint density at radius 1 is 1.10 bits per heavy atom. The Morgan fingerprint density at radius 3 is 2.45 bits per heavy atom. The van der Waals surface area contributed by atoms with Gasteiger partial charge < -0.3 is 14.6 Å². The van der Waals surface area contributed by atoms with Gasteiger partial charge in [0.15, 0.2) is 0 Å². The maximum atomic E-state index is 12.5. The van der Waals surface area contributed by atoms with Crippen LogP contribution in [0.2, 0.25) is 0 Å². The van der Waals surface area contributed by atoms with Crippen molar-refractivity contribution >= 4 is 17.7 Å². The van der Waals surface area contributed by atoms with E-state index in [9.17, 15) is 9.59 Å². The maximum absolute atomic E-state index is 12.5. The molecular formula is C23H28N2O6. The number of aliphatic hydroxyl groups is 1. The van der Waals surface area contributed by atoms with Crippen molar-refractivity contribution in [2.45, 2.75) is 25.9 Å². The number of carbonyl (C=O) groups excluding carboxylic acids is 2. The van der Waals surface area contributed by atoms with Gasteiger partial charge in [-0.1, -0.05) is 43.3 Å². The third-order valence-electron chi connectivity index (χ3n) is 4.51. The van der Waals surface area contributed by atoms with Crippen LogP contribution in [0.3, 0.4) is 0 Å². The number of hydroxylamine groups is 1. The van der Waals surface area contributed by atoms with E-state index in [4.69, 9.17) is 19.8 Å². The quantitative estimate of drug-likeness (QED) is 0.246. The average molecular weight is 428 g/mol. The molecule has 31 heavy (non-hydrogen) atoms. The van der Waals surface area contributed by atoms with Crippen molar-refractivity contribution in [2.75, 3.05) is 18.5 Å². The van der Waals surface area contributed by atoms with Gasteiger partial charge in [-0.3, -0.25) is 15.3 Å². The Hall–Kier alpha value is -3.36. The number of allylic oxidation sites excluding steroid dienone is 1. The first-order valence-electron chi connectivity index (χ1n) is 10.0. The van der Waals surface area contributed by atoms with Gasteiger partial charge in [0.25, 0.3) is 5.91 Å². The number of para-hydroxylation sites is 1. The van der Waals surface area contributed by atoms with Crippen LogP contribution in [-0.4, -0.2) is 35.5 Å². The first-order chi connectivity index (χ1) is 15.0. The van der Waals surface area contributed by atoms with E-state index in [1.54, 1.807) is 30.3 Å². The fourth-order valence-corrected chi connectivity index (χ4v) is 2.95. The molecule has 166 valence electrons. The van der Waals surface area contributed by atoms with Crippen LogP contribution in [0.15, 0.2) is 66.7 Å². The SMILES string of the molecule is C[C@H](CC/C=C/C(=O)NO)[C@H](OC(=O)Nc1ccccc1)c1ccc(OCCO)cc1. The van der Waals surface area contributed by atoms with Gasteiger partial charge in [0, 0.05) is 11.8 Å². The molecule has 2 atom stereocenters. The molecule has 0 fully saturated rings. The van der Waals surface area contributed by atoms with Crippen LogP contribution < -0.4 is 15.5 Å². The first kappa shape index (κ1) is 23.9. The van der Waals surface area contributed by atoms with E-state index in [1.165, 1.54) is 11.6 Å². The van der Waals surface area contributed by atoms with Gasteiger partial charge in [0.2, 0.25) is 0 Å². The molecule has 0 aliphatic heterocycles. The fraction of sp³-hybridized carbons (Fsp3) is 0.304. The molecule has 2 rings (SSSR count). The molecule has 2 aromatic carbocycles. The lowest BCUT2D eigenvalue weighted by molar-refractivity contribution is -0.124. The van der Waals surface area contributed by atoms with Crippen molar-refractivity contribution < 1.29 is 29.4 Å². The van der Waals surface area contributed by atoms with Crippen LogP contribution >= 0.6 is 0 Å². The lowest BCUT2D eigenvalue weighted by atomic mass is 9.93. The average Bonchev–Trinajstić information content (AvgIpc) is 2.79. The zero-order chi connectivity index (χ0) is 22.5. The summed E-state index contributed by atoms with van der Waals surface area (Å²) < 4.78 is 11.1. The minimum absolute atomic E-state index is 0.0624. The van der Waals surface area contributed by atoms with Gasteiger partial charge in [-0.25, -0.2) is 10.3 Å². The molecule has 0 bridgehead atoms. The molecule has 0 radical (unpaired) electrons. The minimum atomic E-state index is -0.596. The molecule has 0 unspecified atom stereocenters. The second kappa shape index (κ2) is 13.0. The maximum Gasteiger partial charge on any atom is 0.412 e. The van der Waals surface area contributed by atoms with Crippen molar-refractivity contribution in [2.24, 2.45) is 5.92 Å². The molecular weight excluding hydrogens is 400 g/mol. The van der Waals surface area contributed by atoms with E-state index >= 15 is 0 Å². The summed E-state index contributed by atoms with van der Waals surface area (Å²) in [6.45, 7) is 2.07. The number of hydrogen-bond donors (Lipinski definition) is 4.